The molecule has 1 aromatic carbocycles. The predicted octanol–water partition coefficient (Wildman–Crippen LogP) is -1.13. The van der Waals surface area contributed by atoms with Gasteiger partial charge in [0.15, 0.2) is 0 Å². The number of nitrogens with two attached hydrogens (primary N) is 1. The second kappa shape index (κ2) is 8.85. The lowest BCUT2D eigenvalue weighted by molar-refractivity contribution is -0.384. The van der Waals surface area contributed by atoms with Gasteiger partial charge < -0.3 is 21.3 Å². The molecule has 1 aromatic rings. The van der Waals surface area contributed by atoms with E-state index in [2.05, 4.69) is 5.32 Å². The van der Waals surface area contributed by atoms with Crippen LogP contribution in [0.4, 0.5) is 5.69 Å². The van der Waals surface area contributed by atoms with E-state index in [0.717, 1.165) is 6.26 Å². The van der Waals surface area contributed by atoms with Crippen LogP contribution in [0.5, 0.6) is 0 Å². The van der Waals surface area contributed by atoms with Gasteiger partial charge in [0, 0.05) is 18.4 Å². The first-order chi connectivity index (χ1) is 11.5. The van der Waals surface area contributed by atoms with Crippen molar-refractivity contribution in [2.45, 2.75) is 24.6 Å². The number of non-ortho nitro benzene ring substituents is 1. The summed E-state index contributed by atoms with van der Waals surface area (Å²) in [6.45, 7) is -0.608. The lowest BCUT2D eigenvalue weighted by Crippen LogP contribution is -2.49. The normalized spacial score (nSPS) is 15.2. The number of aliphatic hydroxyl groups excluding tert-OH is 2. The first-order valence-electron chi connectivity index (χ1n) is 7.32. The number of amides is 1. The van der Waals surface area contributed by atoms with Crippen LogP contribution in [0.2, 0.25) is 0 Å². The molecule has 0 aliphatic rings. The number of hydrogen-bond acceptors (Lipinski definition) is 8. The third kappa shape index (κ3) is 6.74. The van der Waals surface area contributed by atoms with Gasteiger partial charge in [0.25, 0.3) is 5.69 Å². The molecule has 25 heavy (non-hydrogen) atoms. The van der Waals surface area contributed by atoms with Crippen LogP contribution in [0.15, 0.2) is 24.3 Å². The van der Waals surface area contributed by atoms with Crippen molar-refractivity contribution in [3.05, 3.63) is 39.9 Å². The summed E-state index contributed by atoms with van der Waals surface area (Å²) >= 11 is 0. The molecule has 10 nitrogen and oxygen atoms in total. The number of carbonyl (C=O) groups excluding carboxylic acids is 1. The van der Waals surface area contributed by atoms with Gasteiger partial charge in [-0.25, -0.2) is 8.42 Å². The molecule has 5 N–H and O–H groups in total. The molecular formula is C14H21N3O7S. The van der Waals surface area contributed by atoms with Crippen LogP contribution in [0.3, 0.4) is 0 Å². The topological polar surface area (TPSA) is 173 Å². The maximum absolute atomic E-state index is 12.0. The minimum absolute atomic E-state index is 0.101. The van der Waals surface area contributed by atoms with Gasteiger partial charge in [-0.1, -0.05) is 0 Å². The molecule has 1 rings (SSSR count). The SMILES string of the molecule is CS(=O)(=O)CC[C@H](N)C(=O)NC(CO)C(O)c1ccc([N+](=O)[O-])cc1. The molecule has 0 radical (unpaired) electrons. The van der Waals surface area contributed by atoms with E-state index in [1.54, 1.807) is 0 Å². The number of nitro benzene ring substituents is 1. The number of rotatable bonds is 9. The van der Waals surface area contributed by atoms with Crippen molar-refractivity contribution in [2.24, 2.45) is 5.73 Å². The molecule has 3 atom stereocenters. The Morgan fingerprint density at radius 3 is 2.36 bits per heavy atom. The van der Waals surface area contributed by atoms with Crippen LogP contribution in [-0.2, 0) is 14.6 Å². The van der Waals surface area contributed by atoms with Crippen molar-refractivity contribution in [1.82, 2.24) is 5.32 Å². The van der Waals surface area contributed by atoms with Gasteiger partial charge >= 0.3 is 0 Å². The van der Waals surface area contributed by atoms with Crippen molar-refractivity contribution >= 4 is 21.4 Å². The third-order valence-corrected chi connectivity index (χ3v) is 4.46. The number of nitro groups is 1. The van der Waals surface area contributed by atoms with E-state index in [1.807, 2.05) is 0 Å². The highest BCUT2D eigenvalue weighted by atomic mass is 32.2. The maximum Gasteiger partial charge on any atom is 0.269 e. The third-order valence-electron chi connectivity index (χ3n) is 3.49. The smallest absolute Gasteiger partial charge is 0.269 e. The summed E-state index contributed by atoms with van der Waals surface area (Å²) in [6, 6.07) is 2.77. The number of sulfone groups is 1. The van der Waals surface area contributed by atoms with E-state index in [4.69, 9.17) is 5.73 Å². The minimum Gasteiger partial charge on any atom is -0.394 e. The highest BCUT2D eigenvalue weighted by molar-refractivity contribution is 7.90. The Morgan fingerprint density at radius 1 is 1.36 bits per heavy atom. The number of benzene rings is 1. The largest absolute Gasteiger partial charge is 0.394 e. The van der Waals surface area contributed by atoms with Gasteiger partial charge in [-0.15, -0.1) is 0 Å². The van der Waals surface area contributed by atoms with Crippen molar-refractivity contribution in [3.63, 3.8) is 0 Å². The molecular weight excluding hydrogens is 354 g/mol. The van der Waals surface area contributed by atoms with Gasteiger partial charge in [0.05, 0.1) is 29.4 Å². The van der Waals surface area contributed by atoms with Crippen LogP contribution < -0.4 is 11.1 Å². The Hall–Kier alpha value is -2.08. The van der Waals surface area contributed by atoms with E-state index >= 15 is 0 Å². The fourth-order valence-electron chi connectivity index (χ4n) is 2.01. The van der Waals surface area contributed by atoms with Crippen LogP contribution in [-0.4, -0.2) is 60.2 Å². The van der Waals surface area contributed by atoms with Gasteiger partial charge in [-0.2, -0.15) is 0 Å². The van der Waals surface area contributed by atoms with E-state index < -0.39 is 45.5 Å². The van der Waals surface area contributed by atoms with Gasteiger partial charge in [-0.3, -0.25) is 14.9 Å². The first-order valence-corrected chi connectivity index (χ1v) is 9.38. The second-order valence-electron chi connectivity index (χ2n) is 5.62. The zero-order valence-electron chi connectivity index (χ0n) is 13.5. The molecule has 0 spiro atoms. The number of nitrogens with one attached hydrogen (secondary N) is 1. The summed E-state index contributed by atoms with van der Waals surface area (Å²) in [5, 5.41) is 32.5. The summed E-state index contributed by atoms with van der Waals surface area (Å²) in [7, 11) is -3.27. The Balaban J connectivity index is 2.73. The minimum atomic E-state index is -3.27. The number of aliphatic hydroxyl groups is 2. The molecule has 140 valence electrons. The average molecular weight is 375 g/mol. The summed E-state index contributed by atoms with van der Waals surface area (Å²) in [5.74, 6) is -0.986. The molecule has 0 bridgehead atoms. The molecule has 0 saturated carbocycles. The van der Waals surface area contributed by atoms with Crippen molar-refractivity contribution in [3.8, 4) is 0 Å². The van der Waals surface area contributed by atoms with Gasteiger partial charge in [-0.05, 0) is 24.1 Å². The predicted molar refractivity (Wildman–Crippen MR) is 89.4 cm³/mol. The Labute approximate surface area is 144 Å². The lowest BCUT2D eigenvalue weighted by atomic mass is 10.0. The molecule has 0 fully saturated rings. The van der Waals surface area contributed by atoms with E-state index in [0.29, 0.717) is 0 Å². The number of hydrogen-bond donors (Lipinski definition) is 4. The van der Waals surface area contributed by atoms with Crippen LogP contribution >= 0.6 is 0 Å². The summed E-state index contributed by atoms with van der Waals surface area (Å²) in [6.07, 6.45) is -0.403. The van der Waals surface area contributed by atoms with E-state index in [-0.39, 0.29) is 23.4 Å². The molecule has 11 heteroatoms. The Kier molecular flexibility index (Phi) is 7.42. The fraction of sp³-hybridized carbons (Fsp3) is 0.500. The Bertz CT molecular complexity index is 706. The van der Waals surface area contributed by atoms with Crippen molar-refractivity contribution in [2.75, 3.05) is 18.6 Å². The summed E-state index contributed by atoms with van der Waals surface area (Å²) in [4.78, 5) is 22.0. The lowest BCUT2D eigenvalue weighted by Gasteiger charge is -2.24. The average Bonchev–Trinajstić information content (AvgIpc) is 2.56. The standard InChI is InChI=1S/C14H21N3O7S/c1-25(23,24)7-6-11(15)14(20)16-12(8-18)13(19)9-2-4-10(5-3-9)17(21)22/h2-5,11-13,18-19H,6-8,15H2,1H3,(H,16,20)/t11-,12?,13?/m0/s1. The highest BCUT2D eigenvalue weighted by Gasteiger charge is 2.25. The highest BCUT2D eigenvalue weighted by Crippen LogP contribution is 2.20. The van der Waals surface area contributed by atoms with E-state index in [9.17, 15) is 33.5 Å². The van der Waals surface area contributed by atoms with Crippen LogP contribution in [0.25, 0.3) is 0 Å². The molecule has 0 aliphatic heterocycles. The molecule has 0 heterocycles. The van der Waals surface area contributed by atoms with E-state index in [1.165, 1.54) is 24.3 Å². The molecule has 0 aromatic heterocycles. The first kappa shape index (κ1) is 21.0. The van der Waals surface area contributed by atoms with Crippen LogP contribution in [0, 0.1) is 10.1 Å². The maximum atomic E-state index is 12.0. The molecule has 2 unspecified atom stereocenters. The quantitative estimate of drug-likeness (QED) is 0.310. The summed E-state index contributed by atoms with van der Waals surface area (Å²) in [5.41, 5.74) is 5.70. The Morgan fingerprint density at radius 2 is 1.92 bits per heavy atom. The number of nitrogens with zero attached hydrogens (tertiary/aromatic N) is 1. The fourth-order valence-corrected chi connectivity index (χ4v) is 2.69. The monoisotopic (exact) mass is 375 g/mol. The molecule has 0 aliphatic carbocycles. The molecule has 1 amide bonds. The number of carbonyl (C=O) groups is 1. The van der Waals surface area contributed by atoms with Crippen molar-refractivity contribution < 1.29 is 28.3 Å². The van der Waals surface area contributed by atoms with Crippen LogP contribution in [0.1, 0.15) is 18.1 Å². The molecule has 0 saturated heterocycles. The van der Waals surface area contributed by atoms with Gasteiger partial charge in [0.1, 0.15) is 15.9 Å². The van der Waals surface area contributed by atoms with Crippen molar-refractivity contribution in [1.29, 1.82) is 0 Å². The second-order valence-corrected chi connectivity index (χ2v) is 7.88. The summed E-state index contributed by atoms with van der Waals surface area (Å²) < 4.78 is 22.2. The van der Waals surface area contributed by atoms with Gasteiger partial charge in [0.2, 0.25) is 5.91 Å². The zero-order valence-corrected chi connectivity index (χ0v) is 14.3. The zero-order chi connectivity index (χ0) is 19.2.